The Kier molecular flexibility index (Phi) is 1.60. The normalized spacial score (nSPS) is 36.1. The minimum atomic E-state index is -0.0224. The molecule has 11 heavy (non-hydrogen) atoms. The molecule has 0 aromatic carbocycles. The molecule has 62 valence electrons. The lowest BCUT2D eigenvalue weighted by Gasteiger charge is -2.25. The third-order valence-corrected chi connectivity index (χ3v) is 2.30. The van der Waals surface area contributed by atoms with Crippen LogP contribution < -0.4 is 0 Å². The molecule has 1 aliphatic heterocycles. The Labute approximate surface area is 65.7 Å². The Morgan fingerprint density at radius 1 is 1.55 bits per heavy atom. The highest BCUT2D eigenvalue weighted by Crippen LogP contribution is 2.39. The molecule has 1 aliphatic carbocycles. The fourth-order valence-electron chi connectivity index (χ4n) is 1.18. The molecule has 1 saturated heterocycles. The van der Waals surface area contributed by atoms with Crippen molar-refractivity contribution in [1.29, 1.82) is 0 Å². The summed E-state index contributed by atoms with van der Waals surface area (Å²) in [5.74, 6) is 0.713. The highest BCUT2D eigenvalue weighted by molar-refractivity contribution is 5.75. The summed E-state index contributed by atoms with van der Waals surface area (Å²) in [6.45, 7) is 3.25. The number of rotatable bonds is 2. The molecule has 2 aliphatic rings. The maximum Gasteiger partial charge on any atom is 0.309 e. The van der Waals surface area contributed by atoms with Gasteiger partial charge < -0.3 is 9.47 Å². The molecule has 2 atom stereocenters. The first-order valence-electron chi connectivity index (χ1n) is 4.05. The molecule has 0 unspecified atom stereocenters. The lowest BCUT2D eigenvalue weighted by molar-refractivity contribution is -0.173. The van der Waals surface area contributed by atoms with Gasteiger partial charge >= 0.3 is 5.97 Å². The van der Waals surface area contributed by atoms with Gasteiger partial charge in [-0.2, -0.15) is 0 Å². The van der Waals surface area contributed by atoms with Gasteiger partial charge in [0.2, 0.25) is 0 Å². The lowest BCUT2D eigenvalue weighted by atomic mass is 10.3. The second-order valence-corrected chi connectivity index (χ2v) is 3.42. The molecule has 0 radical (unpaired) electrons. The summed E-state index contributed by atoms with van der Waals surface area (Å²) < 4.78 is 10.0. The molecule has 2 fully saturated rings. The molecule has 0 spiro atoms. The van der Waals surface area contributed by atoms with E-state index in [9.17, 15) is 4.79 Å². The fourth-order valence-corrected chi connectivity index (χ4v) is 1.18. The van der Waals surface area contributed by atoms with Crippen molar-refractivity contribution in [2.45, 2.75) is 19.4 Å². The summed E-state index contributed by atoms with van der Waals surface area (Å²) in [7, 11) is 0. The zero-order chi connectivity index (χ0) is 7.84. The number of ether oxygens (including phenoxy) is 2. The monoisotopic (exact) mass is 156 g/mol. The molecule has 0 N–H and O–H groups in total. The zero-order valence-electron chi connectivity index (χ0n) is 6.58. The molecular weight excluding hydrogens is 144 g/mol. The van der Waals surface area contributed by atoms with Crippen molar-refractivity contribution in [2.75, 3.05) is 13.2 Å². The largest absolute Gasteiger partial charge is 0.457 e. The molecule has 0 aromatic rings. The van der Waals surface area contributed by atoms with Crippen LogP contribution in [-0.2, 0) is 14.3 Å². The van der Waals surface area contributed by atoms with E-state index in [2.05, 4.69) is 6.92 Å². The van der Waals surface area contributed by atoms with Crippen LogP contribution in [-0.4, -0.2) is 25.3 Å². The number of esters is 1. The molecule has 0 aromatic heterocycles. The fraction of sp³-hybridized carbons (Fsp3) is 0.875. The summed E-state index contributed by atoms with van der Waals surface area (Å²) in [4.78, 5) is 11.1. The van der Waals surface area contributed by atoms with Crippen LogP contribution in [0.5, 0.6) is 0 Å². The van der Waals surface area contributed by atoms with Gasteiger partial charge in [0.15, 0.2) is 0 Å². The summed E-state index contributed by atoms with van der Waals surface area (Å²) in [6.07, 6.45) is 1.06. The van der Waals surface area contributed by atoms with Crippen LogP contribution >= 0.6 is 0 Å². The second-order valence-electron chi connectivity index (χ2n) is 3.42. The van der Waals surface area contributed by atoms with E-state index in [1.54, 1.807) is 0 Å². The highest BCUT2D eigenvalue weighted by atomic mass is 16.6. The standard InChI is InChI=1S/C8H12O3/c1-5-2-7(5)8(9)11-6-3-10-4-6/h5-7H,2-4H2,1H3/t5-,7-/m0/s1. The van der Waals surface area contributed by atoms with Crippen LogP contribution in [0.4, 0.5) is 0 Å². The van der Waals surface area contributed by atoms with Crippen molar-refractivity contribution in [1.82, 2.24) is 0 Å². The summed E-state index contributed by atoms with van der Waals surface area (Å²) >= 11 is 0. The maximum absolute atomic E-state index is 11.1. The molecule has 3 heteroatoms. The van der Waals surface area contributed by atoms with Gasteiger partial charge in [0, 0.05) is 0 Å². The quantitative estimate of drug-likeness (QED) is 0.549. The Hall–Kier alpha value is -0.570. The summed E-state index contributed by atoms with van der Waals surface area (Å²) in [5.41, 5.74) is 0. The van der Waals surface area contributed by atoms with Gasteiger partial charge in [0.1, 0.15) is 6.10 Å². The zero-order valence-corrected chi connectivity index (χ0v) is 6.58. The predicted molar refractivity (Wildman–Crippen MR) is 38.0 cm³/mol. The number of hydrogen-bond donors (Lipinski definition) is 0. The van der Waals surface area contributed by atoms with Gasteiger partial charge in [-0.25, -0.2) is 0 Å². The van der Waals surface area contributed by atoms with Crippen LogP contribution in [0.15, 0.2) is 0 Å². The van der Waals surface area contributed by atoms with E-state index in [1.165, 1.54) is 0 Å². The molecule has 0 amide bonds. The van der Waals surface area contributed by atoms with E-state index in [0.717, 1.165) is 6.42 Å². The van der Waals surface area contributed by atoms with Gasteiger partial charge in [0.05, 0.1) is 19.1 Å². The number of hydrogen-bond acceptors (Lipinski definition) is 3. The van der Waals surface area contributed by atoms with E-state index in [0.29, 0.717) is 19.1 Å². The van der Waals surface area contributed by atoms with Crippen LogP contribution in [0.2, 0.25) is 0 Å². The van der Waals surface area contributed by atoms with Crippen molar-refractivity contribution in [3.05, 3.63) is 0 Å². The Balaban J connectivity index is 1.73. The molecule has 3 nitrogen and oxygen atoms in total. The van der Waals surface area contributed by atoms with Crippen molar-refractivity contribution in [2.24, 2.45) is 11.8 Å². The molecule has 1 saturated carbocycles. The summed E-state index contributed by atoms with van der Waals surface area (Å²) in [5, 5.41) is 0. The van der Waals surface area contributed by atoms with E-state index < -0.39 is 0 Å². The topological polar surface area (TPSA) is 35.5 Å². The van der Waals surface area contributed by atoms with Crippen LogP contribution in [0, 0.1) is 11.8 Å². The Bertz CT molecular complexity index is 174. The molecule has 0 bridgehead atoms. The number of carbonyl (C=O) groups is 1. The molecule has 2 rings (SSSR count). The first kappa shape index (κ1) is 7.10. The third kappa shape index (κ3) is 1.38. The van der Waals surface area contributed by atoms with Crippen molar-refractivity contribution >= 4 is 5.97 Å². The van der Waals surface area contributed by atoms with Crippen molar-refractivity contribution in [3.63, 3.8) is 0 Å². The highest BCUT2D eigenvalue weighted by Gasteiger charge is 2.42. The van der Waals surface area contributed by atoms with Crippen LogP contribution in [0.1, 0.15) is 13.3 Å². The molecular formula is C8H12O3. The van der Waals surface area contributed by atoms with Crippen molar-refractivity contribution in [3.8, 4) is 0 Å². The van der Waals surface area contributed by atoms with Gasteiger partial charge in [-0.1, -0.05) is 6.92 Å². The Morgan fingerprint density at radius 2 is 2.18 bits per heavy atom. The molecule has 1 heterocycles. The maximum atomic E-state index is 11.1. The number of carbonyl (C=O) groups excluding carboxylic acids is 1. The average Bonchev–Trinajstić information content (AvgIpc) is 2.57. The lowest BCUT2D eigenvalue weighted by Crippen LogP contribution is -2.38. The average molecular weight is 156 g/mol. The SMILES string of the molecule is C[C@H]1C[C@@H]1C(=O)OC1COC1. The van der Waals surface area contributed by atoms with Gasteiger partial charge in [0.25, 0.3) is 0 Å². The smallest absolute Gasteiger partial charge is 0.309 e. The van der Waals surface area contributed by atoms with Crippen LogP contribution in [0.25, 0.3) is 0 Å². The van der Waals surface area contributed by atoms with E-state index in [4.69, 9.17) is 9.47 Å². The van der Waals surface area contributed by atoms with Gasteiger partial charge in [-0.05, 0) is 12.3 Å². The van der Waals surface area contributed by atoms with Crippen LogP contribution in [0.3, 0.4) is 0 Å². The first-order chi connectivity index (χ1) is 5.27. The third-order valence-electron chi connectivity index (χ3n) is 2.30. The van der Waals surface area contributed by atoms with Gasteiger partial charge in [-0.15, -0.1) is 0 Å². The minimum Gasteiger partial charge on any atom is -0.457 e. The van der Waals surface area contributed by atoms with E-state index in [1.807, 2.05) is 0 Å². The second kappa shape index (κ2) is 2.48. The summed E-state index contributed by atoms with van der Waals surface area (Å²) in [6, 6.07) is 0. The van der Waals surface area contributed by atoms with Crippen molar-refractivity contribution < 1.29 is 14.3 Å². The van der Waals surface area contributed by atoms with E-state index in [-0.39, 0.29) is 18.0 Å². The minimum absolute atomic E-state index is 0.0224. The Morgan fingerprint density at radius 3 is 2.55 bits per heavy atom. The first-order valence-corrected chi connectivity index (χ1v) is 4.05. The van der Waals surface area contributed by atoms with E-state index >= 15 is 0 Å². The predicted octanol–water partition coefficient (Wildman–Crippen LogP) is 0.584. The van der Waals surface area contributed by atoms with Gasteiger partial charge in [-0.3, -0.25) is 4.79 Å².